The molecule has 1 saturated heterocycles. The van der Waals surface area contributed by atoms with Gasteiger partial charge in [0.05, 0.1) is 17.9 Å². The molecule has 3 atom stereocenters. The van der Waals surface area contributed by atoms with Gasteiger partial charge >= 0.3 is 21.7 Å². The topological polar surface area (TPSA) is 102 Å². The Bertz CT molecular complexity index is 1630. The molecule has 12 heteroatoms. The van der Waals surface area contributed by atoms with Gasteiger partial charge in [0.25, 0.3) is 0 Å². The van der Waals surface area contributed by atoms with E-state index < -0.39 is 21.2 Å². The van der Waals surface area contributed by atoms with Crippen molar-refractivity contribution in [3.63, 3.8) is 0 Å². The highest BCUT2D eigenvalue weighted by Gasteiger charge is 2.50. The molecule has 2 unspecified atom stereocenters. The molecule has 2 aromatic carbocycles. The molecule has 1 aliphatic heterocycles. The minimum atomic E-state index is -5.76. The molecule has 1 amide bonds. The van der Waals surface area contributed by atoms with E-state index in [2.05, 4.69) is 14.2 Å². The summed E-state index contributed by atoms with van der Waals surface area (Å²) in [4.78, 5) is 22.4. The number of nitrogens with zero attached hydrogens (tertiary/aromatic N) is 2. The van der Waals surface area contributed by atoms with Gasteiger partial charge in [-0.2, -0.15) is 21.6 Å². The molecule has 0 bridgehead atoms. The molecule has 0 radical (unpaired) electrons. The number of carbonyl (C=O) groups is 1. The van der Waals surface area contributed by atoms with Gasteiger partial charge in [0.1, 0.15) is 17.2 Å². The average Bonchev–Trinajstić information content (AvgIpc) is 3.61. The second kappa shape index (κ2) is 10.0. The summed E-state index contributed by atoms with van der Waals surface area (Å²) in [6.07, 6.45) is 5.34. The molecule has 2 aliphatic carbocycles. The molecule has 42 heavy (non-hydrogen) atoms. The van der Waals surface area contributed by atoms with E-state index in [1.165, 1.54) is 6.07 Å². The van der Waals surface area contributed by atoms with Gasteiger partial charge in [0.15, 0.2) is 0 Å². The number of rotatable bonds is 5. The predicted molar refractivity (Wildman–Crippen MR) is 149 cm³/mol. The number of carbonyl (C=O) groups excluding carboxylic acids is 1. The number of imidazole rings is 1. The van der Waals surface area contributed by atoms with Crippen molar-refractivity contribution < 1.29 is 35.3 Å². The van der Waals surface area contributed by atoms with E-state index in [1.54, 1.807) is 17.2 Å². The fraction of sp³-hybridized carbons (Fsp3) is 0.467. The maximum absolute atomic E-state index is 13.0. The minimum Gasteiger partial charge on any atom is -0.444 e. The van der Waals surface area contributed by atoms with Gasteiger partial charge in [0, 0.05) is 12.1 Å². The number of fused-ring (bicyclic) bond motifs is 3. The summed E-state index contributed by atoms with van der Waals surface area (Å²) in [6.45, 7) is 6.11. The van der Waals surface area contributed by atoms with Crippen LogP contribution in [0.25, 0.3) is 22.4 Å². The second-order valence-corrected chi connectivity index (χ2v) is 13.8. The van der Waals surface area contributed by atoms with Crippen LogP contribution < -0.4 is 4.18 Å². The van der Waals surface area contributed by atoms with Gasteiger partial charge in [0.2, 0.25) is 0 Å². The number of likely N-dealkylation sites (tertiary alicyclic amines) is 1. The lowest BCUT2D eigenvalue weighted by atomic mass is 9.73. The molecule has 0 spiro atoms. The van der Waals surface area contributed by atoms with E-state index >= 15 is 0 Å². The number of aromatic amines is 1. The zero-order valence-corrected chi connectivity index (χ0v) is 24.3. The number of hydrogen-bond acceptors (Lipinski definition) is 6. The third-order valence-electron chi connectivity index (χ3n) is 8.35. The van der Waals surface area contributed by atoms with Crippen LogP contribution in [0.1, 0.15) is 75.4 Å². The third kappa shape index (κ3) is 5.14. The highest BCUT2D eigenvalue weighted by Crippen LogP contribution is 2.56. The van der Waals surface area contributed by atoms with Crippen LogP contribution in [0.15, 0.2) is 42.6 Å². The number of H-pyrrole nitrogens is 1. The van der Waals surface area contributed by atoms with Crippen LogP contribution in [0, 0.1) is 5.92 Å². The van der Waals surface area contributed by atoms with E-state index in [-0.39, 0.29) is 29.7 Å². The van der Waals surface area contributed by atoms with Crippen molar-refractivity contribution in [2.45, 2.75) is 75.9 Å². The molecule has 1 aromatic heterocycles. The lowest BCUT2D eigenvalue weighted by molar-refractivity contribution is -0.0500. The number of nitrogens with one attached hydrogen (secondary N) is 1. The van der Waals surface area contributed by atoms with Crippen LogP contribution in [-0.4, -0.2) is 47.0 Å². The molecule has 6 rings (SSSR count). The number of benzene rings is 2. The molecular formula is C30H32F3N3O5S. The van der Waals surface area contributed by atoms with E-state index in [4.69, 9.17) is 4.74 Å². The first-order chi connectivity index (χ1) is 19.7. The maximum Gasteiger partial charge on any atom is 0.534 e. The number of alkyl halides is 3. The van der Waals surface area contributed by atoms with E-state index in [0.29, 0.717) is 24.4 Å². The first-order valence-corrected chi connectivity index (χ1v) is 15.4. The smallest absolute Gasteiger partial charge is 0.444 e. The molecule has 2 heterocycles. The van der Waals surface area contributed by atoms with Crippen LogP contribution >= 0.6 is 0 Å². The largest absolute Gasteiger partial charge is 0.534 e. The summed E-state index contributed by atoms with van der Waals surface area (Å²) in [5.41, 5.74) is -1.25. The average molecular weight is 604 g/mol. The molecule has 2 fully saturated rings. The predicted octanol–water partition coefficient (Wildman–Crippen LogP) is 7.09. The lowest BCUT2D eigenvalue weighted by Gasteiger charge is -2.31. The quantitative estimate of drug-likeness (QED) is 0.247. The summed E-state index contributed by atoms with van der Waals surface area (Å²) >= 11 is 0. The summed E-state index contributed by atoms with van der Waals surface area (Å²) < 4.78 is 72.7. The van der Waals surface area contributed by atoms with Crippen LogP contribution in [0.4, 0.5) is 18.0 Å². The van der Waals surface area contributed by atoms with Crippen molar-refractivity contribution in [3.8, 4) is 28.1 Å². The van der Waals surface area contributed by atoms with E-state index in [0.717, 1.165) is 53.6 Å². The van der Waals surface area contributed by atoms with Crippen LogP contribution in [0.2, 0.25) is 0 Å². The Labute approximate surface area is 242 Å². The summed E-state index contributed by atoms with van der Waals surface area (Å²) in [5, 5.41) is 0. The monoisotopic (exact) mass is 603 g/mol. The molecule has 1 N–H and O–H groups in total. The third-order valence-corrected chi connectivity index (χ3v) is 9.32. The van der Waals surface area contributed by atoms with E-state index in [1.807, 2.05) is 45.0 Å². The molecule has 224 valence electrons. The van der Waals surface area contributed by atoms with Gasteiger partial charge in [-0.05, 0) is 93.0 Å². The Hall–Kier alpha value is -3.54. The summed E-state index contributed by atoms with van der Waals surface area (Å²) in [6, 6.07) is 10.5. The van der Waals surface area contributed by atoms with Crippen molar-refractivity contribution in [2.75, 3.05) is 6.54 Å². The lowest BCUT2D eigenvalue weighted by Crippen LogP contribution is -2.36. The molecule has 3 aromatic rings. The highest BCUT2D eigenvalue weighted by atomic mass is 32.2. The van der Waals surface area contributed by atoms with Gasteiger partial charge in [-0.25, -0.2) is 9.78 Å². The minimum absolute atomic E-state index is 0.168. The number of ether oxygens (including phenoxy) is 1. The number of aromatic nitrogens is 2. The fourth-order valence-electron chi connectivity index (χ4n) is 6.30. The Kier molecular flexibility index (Phi) is 6.82. The normalized spacial score (nSPS) is 22.0. The van der Waals surface area contributed by atoms with Crippen LogP contribution in [0.3, 0.4) is 0 Å². The van der Waals surface area contributed by atoms with Gasteiger partial charge in [-0.15, -0.1) is 0 Å². The van der Waals surface area contributed by atoms with Gasteiger partial charge in [-0.1, -0.05) is 30.3 Å². The summed E-state index contributed by atoms with van der Waals surface area (Å²) in [5.74, 6) is 0.891. The number of halogens is 3. The molecular weight excluding hydrogens is 571 g/mol. The van der Waals surface area contributed by atoms with Crippen molar-refractivity contribution >= 4 is 16.2 Å². The standard InChI is InChI=1S/C30H32F3N3O5S/c1-29(2,3)40-28(37)36-14-4-5-24(36)27-34-16-23(35-27)18-8-6-17(7-9-18)20-12-13-25(41-42(38,39)30(31,32)33)22-15-19-10-11-21(19)26(20)22/h6-9,12-13,16,19,21,24H,4-5,10-11,14-15H2,1-3H3,(H,34,35)/t19?,21?,24-/m0/s1. The molecule has 3 aliphatic rings. The van der Waals surface area contributed by atoms with Crippen LogP contribution in [0.5, 0.6) is 5.75 Å². The summed E-state index contributed by atoms with van der Waals surface area (Å²) in [7, 11) is -5.76. The number of hydrogen-bond donors (Lipinski definition) is 1. The van der Waals surface area contributed by atoms with Gasteiger partial charge < -0.3 is 13.9 Å². The van der Waals surface area contributed by atoms with Crippen LogP contribution in [-0.2, 0) is 21.3 Å². The zero-order valence-electron chi connectivity index (χ0n) is 23.5. The van der Waals surface area contributed by atoms with Crippen molar-refractivity contribution in [2.24, 2.45) is 5.92 Å². The first-order valence-electron chi connectivity index (χ1n) is 14.0. The zero-order chi connectivity index (χ0) is 30.0. The van der Waals surface area contributed by atoms with Crippen molar-refractivity contribution in [1.29, 1.82) is 0 Å². The molecule has 1 saturated carbocycles. The van der Waals surface area contributed by atoms with Gasteiger partial charge in [-0.3, -0.25) is 4.90 Å². The maximum atomic E-state index is 13.0. The fourth-order valence-corrected chi connectivity index (χ4v) is 6.79. The SMILES string of the molecule is CC(C)(C)OC(=O)N1CCC[C@H]1c1ncc(-c2ccc(-c3ccc(OS(=O)(=O)C(F)(F)F)c4c3C3CCC3C4)cc2)[nH]1. The van der Waals surface area contributed by atoms with Crippen molar-refractivity contribution in [3.05, 3.63) is 59.5 Å². The Balaban J connectivity index is 1.25. The van der Waals surface area contributed by atoms with Crippen molar-refractivity contribution in [1.82, 2.24) is 14.9 Å². The Morgan fingerprint density at radius 2 is 1.74 bits per heavy atom. The Morgan fingerprint density at radius 3 is 2.38 bits per heavy atom. The molecule has 8 nitrogen and oxygen atoms in total. The van der Waals surface area contributed by atoms with E-state index in [9.17, 15) is 26.4 Å². The highest BCUT2D eigenvalue weighted by molar-refractivity contribution is 7.88. The first kappa shape index (κ1) is 28.6. The Morgan fingerprint density at radius 1 is 1.02 bits per heavy atom. The number of amides is 1. The second-order valence-electron chi connectivity index (χ2n) is 12.2.